The van der Waals surface area contributed by atoms with Gasteiger partial charge in [-0.05, 0) is 37.0 Å². The van der Waals surface area contributed by atoms with Crippen LogP contribution in [0, 0.1) is 5.92 Å². The average Bonchev–Trinajstić information content (AvgIpc) is 3.20. The number of benzene rings is 1. The summed E-state index contributed by atoms with van der Waals surface area (Å²) in [6.07, 6.45) is 2.02. The van der Waals surface area contributed by atoms with Gasteiger partial charge in [0.25, 0.3) is 0 Å². The summed E-state index contributed by atoms with van der Waals surface area (Å²) >= 11 is 5.85. The van der Waals surface area contributed by atoms with Gasteiger partial charge in [-0.3, -0.25) is 0 Å². The molecule has 3 N–H and O–H groups in total. The van der Waals surface area contributed by atoms with E-state index in [2.05, 4.69) is 4.72 Å². The molecule has 1 saturated carbocycles. The molecule has 2 rings (SSSR count). The minimum absolute atomic E-state index is 0. The van der Waals surface area contributed by atoms with E-state index in [1.165, 1.54) is 19.2 Å². The minimum Gasteiger partial charge on any atom is -0.495 e. The van der Waals surface area contributed by atoms with Crippen LogP contribution in [0.1, 0.15) is 12.8 Å². The summed E-state index contributed by atoms with van der Waals surface area (Å²) in [6, 6.07) is 4.27. The van der Waals surface area contributed by atoms with E-state index < -0.39 is 10.0 Å². The van der Waals surface area contributed by atoms with Crippen molar-refractivity contribution in [3.8, 4) is 5.75 Å². The van der Waals surface area contributed by atoms with E-state index in [0.717, 1.165) is 12.8 Å². The highest BCUT2D eigenvalue weighted by Crippen LogP contribution is 2.34. The lowest BCUT2D eigenvalue weighted by molar-refractivity contribution is 0.401. The summed E-state index contributed by atoms with van der Waals surface area (Å²) in [5.41, 5.74) is 5.62. The van der Waals surface area contributed by atoms with Crippen LogP contribution in [0.15, 0.2) is 23.1 Å². The van der Waals surface area contributed by atoms with Gasteiger partial charge in [-0.25, -0.2) is 13.1 Å². The number of sulfonamides is 1. The van der Waals surface area contributed by atoms with Crippen molar-refractivity contribution in [2.45, 2.75) is 23.8 Å². The lowest BCUT2D eigenvalue weighted by Crippen LogP contribution is -2.41. The highest BCUT2D eigenvalue weighted by atomic mass is 35.5. The van der Waals surface area contributed by atoms with Crippen LogP contribution in [0.5, 0.6) is 5.75 Å². The normalized spacial score (nSPS) is 16.4. The molecule has 0 bridgehead atoms. The molecule has 1 aliphatic rings. The third kappa shape index (κ3) is 3.99. The zero-order valence-electron chi connectivity index (χ0n) is 11.0. The molecule has 0 radical (unpaired) electrons. The second kappa shape index (κ2) is 6.95. The molecule has 0 heterocycles. The third-order valence-electron chi connectivity index (χ3n) is 3.17. The van der Waals surface area contributed by atoms with Gasteiger partial charge in [-0.2, -0.15) is 0 Å². The zero-order chi connectivity index (χ0) is 14.0. The van der Waals surface area contributed by atoms with Gasteiger partial charge in [0.2, 0.25) is 10.0 Å². The number of rotatable bonds is 6. The summed E-state index contributed by atoms with van der Waals surface area (Å²) in [4.78, 5) is 0.0431. The van der Waals surface area contributed by atoms with Crippen LogP contribution >= 0.6 is 24.0 Å². The molecule has 1 aliphatic carbocycles. The van der Waals surface area contributed by atoms with Gasteiger partial charge in [0, 0.05) is 17.6 Å². The first kappa shape index (κ1) is 17.5. The molecule has 0 amide bonds. The first-order valence-electron chi connectivity index (χ1n) is 6.04. The minimum atomic E-state index is -3.68. The lowest BCUT2D eigenvalue weighted by atomic mass is 10.2. The van der Waals surface area contributed by atoms with E-state index in [0.29, 0.717) is 10.9 Å². The lowest BCUT2D eigenvalue weighted by Gasteiger charge is -2.17. The van der Waals surface area contributed by atoms with E-state index in [1.807, 2.05) is 0 Å². The van der Waals surface area contributed by atoms with Crippen molar-refractivity contribution in [1.29, 1.82) is 0 Å². The van der Waals surface area contributed by atoms with Crippen molar-refractivity contribution < 1.29 is 13.2 Å². The Balaban J connectivity index is 0.00000200. The molecule has 1 aromatic carbocycles. The molecule has 0 saturated heterocycles. The Kier molecular flexibility index (Phi) is 6.09. The first-order chi connectivity index (χ1) is 8.97. The van der Waals surface area contributed by atoms with Crippen molar-refractivity contribution in [1.82, 2.24) is 4.72 Å². The smallest absolute Gasteiger partial charge is 0.244 e. The summed E-state index contributed by atoms with van der Waals surface area (Å²) in [6.45, 7) is 0.285. The molecule has 1 unspecified atom stereocenters. The quantitative estimate of drug-likeness (QED) is 0.827. The van der Waals surface area contributed by atoms with Crippen molar-refractivity contribution in [3.05, 3.63) is 23.2 Å². The van der Waals surface area contributed by atoms with Gasteiger partial charge in [-0.15, -0.1) is 12.4 Å². The second-order valence-electron chi connectivity index (χ2n) is 4.60. The topological polar surface area (TPSA) is 81.4 Å². The number of nitrogens with one attached hydrogen (secondary N) is 1. The first-order valence-corrected chi connectivity index (χ1v) is 7.90. The molecule has 5 nitrogen and oxygen atoms in total. The monoisotopic (exact) mass is 340 g/mol. The van der Waals surface area contributed by atoms with Crippen LogP contribution in [0.4, 0.5) is 0 Å². The molecule has 0 spiro atoms. The van der Waals surface area contributed by atoms with Gasteiger partial charge in [0.05, 0.1) is 7.11 Å². The molecule has 8 heteroatoms. The van der Waals surface area contributed by atoms with Crippen LogP contribution in [0.25, 0.3) is 0 Å². The van der Waals surface area contributed by atoms with Gasteiger partial charge >= 0.3 is 0 Å². The standard InChI is InChI=1S/C12H17ClN2O3S.ClH/c1-18-11-5-4-9(13)6-12(11)19(16,17)15-10(7-14)8-2-3-8;/h4-6,8,10,15H,2-3,7,14H2,1H3;1H. The fourth-order valence-electron chi connectivity index (χ4n) is 1.96. The Labute approximate surface area is 130 Å². The van der Waals surface area contributed by atoms with Crippen LogP contribution in [0.2, 0.25) is 5.02 Å². The van der Waals surface area contributed by atoms with E-state index in [9.17, 15) is 8.42 Å². The Morgan fingerprint density at radius 2 is 2.15 bits per heavy atom. The number of hydrogen-bond acceptors (Lipinski definition) is 4. The van der Waals surface area contributed by atoms with Crippen LogP contribution < -0.4 is 15.2 Å². The van der Waals surface area contributed by atoms with Gasteiger partial charge in [-0.1, -0.05) is 11.6 Å². The second-order valence-corrected chi connectivity index (χ2v) is 6.71. The largest absolute Gasteiger partial charge is 0.495 e. The Bertz CT molecular complexity index is 562. The summed E-state index contributed by atoms with van der Waals surface area (Å²) in [5, 5.41) is 0.344. The number of halogens is 2. The van der Waals surface area contributed by atoms with Gasteiger partial charge in [0.15, 0.2) is 0 Å². The fraction of sp³-hybridized carbons (Fsp3) is 0.500. The molecular weight excluding hydrogens is 323 g/mol. The maximum Gasteiger partial charge on any atom is 0.244 e. The summed E-state index contributed by atoms with van der Waals surface area (Å²) in [7, 11) is -2.26. The Morgan fingerprint density at radius 3 is 2.65 bits per heavy atom. The number of methoxy groups -OCH3 is 1. The van der Waals surface area contributed by atoms with E-state index in [1.54, 1.807) is 6.07 Å². The Morgan fingerprint density at radius 1 is 1.50 bits per heavy atom. The van der Waals surface area contributed by atoms with Crippen LogP contribution in [-0.4, -0.2) is 28.1 Å². The highest BCUT2D eigenvalue weighted by molar-refractivity contribution is 7.89. The van der Waals surface area contributed by atoms with Crippen molar-refractivity contribution in [2.75, 3.05) is 13.7 Å². The predicted octanol–water partition coefficient (Wildman–Crippen LogP) is 1.79. The number of nitrogens with two attached hydrogens (primary N) is 1. The van der Waals surface area contributed by atoms with Gasteiger partial charge < -0.3 is 10.5 Å². The highest BCUT2D eigenvalue weighted by Gasteiger charge is 2.34. The SMILES string of the molecule is COc1ccc(Cl)cc1S(=O)(=O)NC(CN)C1CC1.Cl. The van der Waals surface area contributed by atoms with Crippen LogP contribution in [-0.2, 0) is 10.0 Å². The average molecular weight is 341 g/mol. The van der Waals surface area contributed by atoms with Crippen molar-refractivity contribution in [2.24, 2.45) is 11.7 Å². The fourth-order valence-corrected chi connectivity index (χ4v) is 3.71. The number of ether oxygens (including phenoxy) is 1. The molecule has 1 fully saturated rings. The van der Waals surface area contributed by atoms with E-state index in [-0.39, 0.29) is 35.6 Å². The maximum atomic E-state index is 12.4. The summed E-state index contributed by atoms with van der Waals surface area (Å²) < 4.78 is 32.4. The van der Waals surface area contributed by atoms with Crippen molar-refractivity contribution >= 4 is 34.0 Å². The molecule has 114 valence electrons. The third-order valence-corrected chi connectivity index (χ3v) is 4.91. The molecule has 0 aromatic heterocycles. The molecule has 1 aromatic rings. The maximum absolute atomic E-state index is 12.4. The Hall–Kier alpha value is -0.530. The zero-order valence-corrected chi connectivity index (χ0v) is 13.4. The predicted molar refractivity (Wildman–Crippen MR) is 81.1 cm³/mol. The molecule has 0 aliphatic heterocycles. The van der Waals surface area contributed by atoms with Crippen molar-refractivity contribution in [3.63, 3.8) is 0 Å². The molecule has 20 heavy (non-hydrogen) atoms. The molecular formula is C12H18Cl2N2O3S. The number of hydrogen-bond donors (Lipinski definition) is 2. The van der Waals surface area contributed by atoms with Gasteiger partial charge in [0.1, 0.15) is 10.6 Å². The summed E-state index contributed by atoms with van der Waals surface area (Å²) in [5.74, 6) is 0.605. The van der Waals surface area contributed by atoms with E-state index >= 15 is 0 Å². The molecule has 1 atom stereocenters. The van der Waals surface area contributed by atoms with E-state index in [4.69, 9.17) is 22.1 Å². The van der Waals surface area contributed by atoms with Crippen LogP contribution in [0.3, 0.4) is 0 Å².